The summed E-state index contributed by atoms with van der Waals surface area (Å²) in [5.41, 5.74) is 0.221. The Labute approximate surface area is 122 Å². The van der Waals surface area contributed by atoms with Crippen LogP contribution in [-0.2, 0) is 12.7 Å². The lowest BCUT2D eigenvalue weighted by atomic mass is 9.95. The number of hydrogen-bond donors (Lipinski definition) is 2. The van der Waals surface area contributed by atoms with E-state index in [0.29, 0.717) is 31.6 Å². The van der Waals surface area contributed by atoms with Crippen LogP contribution in [0.2, 0.25) is 0 Å². The SMILES string of the molecule is CNCc1ccc(N2CCC(O)C(C)C2)c(C(F)(F)F)c1. The maximum absolute atomic E-state index is 13.3. The van der Waals surface area contributed by atoms with Crippen LogP contribution in [0, 0.1) is 5.92 Å². The van der Waals surface area contributed by atoms with E-state index in [9.17, 15) is 18.3 Å². The summed E-state index contributed by atoms with van der Waals surface area (Å²) in [6.07, 6.45) is -4.31. The summed E-state index contributed by atoms with van der Waals surface area (Å²) in [4.78, 5) is 1.73. The highest BCUT2D eigenvalue weighted by Crippen LogP contribution is 2.38. The van der Waals surface area contributed by atoms with Gasteiger partial charge in [-0.3, -0.25) is 0 Å². The Hall–Kier alpha value is -1.27. The zero-order valence-corrected chi connectivity index (χ0v) is 12.2. The summed E-state index contributed by atoms with van der Waals surface area (Å²) in [5, 5.41) is 12.6. The van der Waals surface area contributed by atoms with E-state index in [1.54, 1.807) is 24.1 Å². The minimum atomic E-state index is -4.38. The van der Waals surface area contributed by atoms with E-state index in [2.05, 4.69) is 5.32 Å². The van der Waals surface area contributed by atoms with Crippen LogP contribution in [0.5, 0.6) is 0 Å². The fourth-order valence-electron chi connectivity index (χ4n) is 2.75. The van der Waals surface area contributed by atoms with Crippen LogP contribution in [0.4, 0.5) is 18.9 Å². The molecule has 0 aliphatic carbocycles. The monoisotopic (exact) mass is 302 g/mol. The summed E-state index contributed by atoms with van der Waals surface area (Å²) >= 11 is 0. The maximum Gasteiger partial charge on any atom is 0.418 e. The summed E-state index contributed by atoms with van der Waals surface area (Å²) < 4.78 is 39.9. The molecule has 1 aromatic rings. The lowest BCUT2D eigenvalue weighted by Crippen LogP contribution is -2.42. The van der Waals surface area contributed by atoms with Crippen molar-refractivity contribution in [2.24, 2.45) is 5.92 Å². The number of halogens is 3. The molecular formula is C15H21F3N2O. The van der Waals surface area contributed by atoms with Gasteiger partial charge in [0.15, 0.2) is 0 Å². The molecule has 1 fully saturated rings. The van der Waals surface area contributed by atoms with Gasteiger partial charge in [0.25, 0.3) is 0 Å². The average molecular weight is 302 g/mol. The summed E-state index contributed by atoms with van der Waals surface area (Å²) in [6.45, 7) is 3.15. The van der Waals surface area contributed by atoms with Crippen molar-refractivity contribution in [3.05, 3.63) is 29.3 Å². The summed E-state index contributed by atoms with van der Waals surface area (Å²) in [5.74, 6) is -0.0307. The molecule has 0 amide bonds. The smallest absolute Gasteiger partial charge is 0.393 e. The predicted molar refractivity (Wildman–Crippen MR) is 76.2 cm³/mol. The predicted octanol–water partition coefficient (Wildman–Crippen LogP) is 2.63. The summed E-state index contributed by atoms with van der Waals surface area (Å²) in [6, 6.07) is 4.47. The standard InChI is InChI=1S/C15H21F3N2O/c1-10-9-20(6-5-14(10)21)13-4-3-11(8-19-2)7-12(13)15(16,17)18/h3-4,7,10,14,19,21H,5-6,8-9H2,1-2H3. The van der Waals surface area contributed by atoms with E-state index in [1.165, 1.54) is 6.07 Å². The Morgan fingerprint density at radius 1 is 1.38 bits per heavy atom. The minimum Gasteiger partial charge on any atom is -0.393 e. The molecule has 0 spiro atoms. The number of nitrogens with zero attached hydrogens (tertiary/aromatic N) is 1. The molecule has 1 aliphatic heterocycles. The van der Waals surface area contributed by atoms with Crippen molar-refractivity contribution in [1.82, 2.24) is 5.32 Å². The number of aliphatic hydroxyl groups excluding tert-OH is 1. The number of nitrogens with one attached hydrogen (secondary N) is 1. The van der Waals surface area contributed by atoms with Gasteiger partial charge in [0.2, 0.25) is 0 Å². The van der Waals surface area contributed by atoms with Gasteiger partial charge >= 0.3 is 6.18 Å². The zero-order valence-electron chi connectivity index (χ0n) is 12.2. The molecule has 1 aromatic carbocycles. The van der Waals surface area contributed by atoms with E-state index >= 15 is 0 Å². The van der Waals surface area contributed by atoms with Gasteiger partial charge in [0, 0.05) is 25.3 Å². The van der Waals surface area contributed by atoms with Crippen LogP contribution in [0.15, 0.2) is 18.2 Å². The number of benzene rings is 1. The van der Waals surface area contributed by atoms with Crippen molar-refractivity contribution >= 4 is 5.69 Å². The Balaban J connectivity index is 2.34. The van der Waals surface area contributed by atoms with E-state index in [-0.39, 0.29) is 11.6 Å². The second-order valence-corrected chi connectivity index (χ2v) is 5.66. The summed E-state index contributed by atoms with van der Waals surface area (Å²) in [7, 11) is 1.70. The second-order valence-electron chi connectivity index (χ2n) is 5.66. The topological polar surface area (TPSA) is 35.5 Å². The number of anilines is 1. The van der Waals surface area contributed by atoms with Crippen molar-refractivity contribution in [2.75, 3.05) is 25.0 Å². The first kappa shape index (κ1) is 16.1. The van der Waals surface area contributed by atoms with Crippen LogP contribution in [0.25, 0.3) is 0 Å². The number of hydrogen-bond acceptors (Lipinski definition) is 3. The average Bonchev–Trinajstić information content (AvgIpc) is 2.41. The maximum atomic E-state index is 13.3. The Morgan fingerprint density at radius 3 is 2.67 bits per heavy atom. The molecule has 2 N–H and O–H groups in total. The lowest BCUT2D eigenvalue weighted by molar-refractivity contribution is -0.137. The Bertz CT molecular complexity index is 490. The van der Waals surface area contributed by atoms with Gasteiger partial charge in [-0.25, -0.2) is 0 Å². The molecule has 118 valence electrons. The molecule has 1 aliphatic rings. The highest BCUT2D eigenvalue weighted by atomic mass is 19.4. The molecule has 3 nitrogen and oxygen atoms in total. The van der Waals surface area contributed by atoms with E-state index in [1.807, 2.05) is 6.92 Å². The van der Waals surface area contributed by atoms with Gasteiger partial charge in [-0.15, -0.1) is 0 Å². The third-order valence-electron chi connectivity index (χ3n) is 3.95. The van der Waals surface area contributed by atoms with E-state index in [4.69, 9.17) is 0 Å². The molecule has 0 radical (unpaired) electrons. The number of piperidine rings is 1. The zero-order chi connectivity index (χ0) is 15.6. The van der Waals surface area contributed by atoms with Gasteiger partial charge in [-0.05, 0) is 37.1 Å². The van der Waals surface area contributed by atoms with Crippen molar-refractivity contribution in [3.63, 3.8) is 0 Å². The van der Waals surface area contributed by atoms with Crippen molar-refractivity contribution in [3.8, 4) is 0 Å². The molecule has 0 bridgehead atoms. The van der Waals surface area contributed by atoms with Crippen molar-refractivity contribution in [1.29, 1.82) is 0 Å². The normalized spacial score (nSPS) is 23.4. The lowest BCUT2D eigenvalue weighted by Gasteiger charge is -2.37. The second kappa shape index (κ2) is 6.23. The first-order valence-corrected chi connectivity index (χ1v) is 7.10. The number of aliphatic hydroxyl groups is 1. The number of rotatable bonds is 3. The Morgan fingerprint density at radius 2 is 2.10 bits per heavy atom. The highest BCUT2D eigenvalue weighted by molar-refractivity contribution is 5.57. The highest BCUT2D eigenvalue weighted by Gasteiger charge is 2.36. The first-order chi connectivity index (χ1) is 9.82. The van der Waals surface area contributed by atoms with Crippen LogP contribution in [0.3, 0.4) is 0 Å². The van der Waals surface area contributed by atoms with Crippen LogP contribution >= 0.6 is 0 Å². The van der Waals surface area contributed by atoms with Gasteiger partial charge in [0.1, 0.15) is 0 Å². The van der Waals surface area contributed by atoms with Crippen LogP contribution in [0.1, 0.15) is 24.5 Å². The number of alkyl halides is 3. The van der Waals surface area contributed by atoms with Gasteiger partial charge in [-0.1, -0.05) is 13.0 Å². The molecule has 1 heterocycles. The molecule has 1 saturated heterocycles. The van der Waals surface area contributed by atoms with Gasteiger partial charge < -0.3 is 15.3 Å². The van der Waals surface area contributed by atoms with Gasteiger partial charge in [0.05, 0.1) is 11.7 Å². The van der Waals surface area contributed by atoms with Gasteiger partial charge in [-0.2, -0.15) is 13.2 Å². The third-order valence-corrected chi connectivity index (χ3v) is 3.95. The quantitative estimate of drug-likeness (QED) is 0.901. The van der Waals surface area contributed by atoms with Crippen molar-refractivity contribution in [2.45, 2.75) is 32.2 Å². The molecule has 6 heteroatoms. The molecule has 0 aromatic heterocycles. The molecule has 2 unspecified atom stereocenters. The largest absolute Gasteiger partial charge is 0.418 e. The van der Waals surface area contributed by atoms with E-state index < -0.39 is 17.8 Å². The Kier molecular flexibility index (Phi) is 4.78. The third kappa shape index (κ3) is 3.68. The molecular weight excluding hydrogens is 281 g/mol. The molecule has 21 heavy (non-hydrogen) atoms. The molecule has 0 saturated carbocycles. The molecule has 2 rings (SSSR count). The first-order valence-electron chi connectivity index (χ1n) is 7.10. The van der Waals surface area contributed by atoms with Crippen LogP contribution < -0.4 is 10.2 Å². The van der Waals surface area contributed by atoms with Crippen molar-refractivity contribution < 1.29 is 18.3 Å². The minimum absolute atomic E-state index is 0.0307. The van der Waals surface area contributed by atoms with Crippen LogP contribution in [-0.4, -0.2) is 31.3 Å². The van der Waals surface area contributed by atoms with E-state index in [0.717, 1.165) is 0 Å². The fourth-order valence-corrected chi connectivity index (χ4v) is 2.75. The molecule has 2 atom stereocenters. The fraction of sp³-hybridized carbons (Fsp3) is 0.600.